The summed E-state index contributed by atoms with van der Waals surface area (Å²) in [7, 11) is 3.67. The quantitative estimate of drug-likeness (QED) is 0.704. The van der Waals surface area contributed by atoms with Gasteiger partial charge in [-0.1, -0.05) is 0 Å². The number of aliphatic hydroxyl groups excluding tert-OH is 1. The third-order valence-corrected chi connectivity index (χ3v) is 8.27. The number of aliphatic hydroxyl groups is 1. The molecule has 0 aliphatic carbocycles. The maximum atomic E-state index is 13.7. The van der Waals surface area contributed by atoms with Gasteiger partial charge in [0.05, 0.1) is 45.0 Å². The second kappa shape index (κ2) is 9.44. The van der Waals surface area contributed by atoms with Gasteiger partial charge >= 0.3 is 0 Å². The van der Waals surface area contributed by atoms with E-state index in [1.54, 1.807) is 14.0 Å². The second-order valence-corrected chi connectivity index (χ2v) is 10.1. The van der Waals surface area contributed by atoms with Gasteiger partial charge in [-0.3, -0.25) is 14.5 Å². The topological polar surface area (TPSA) is 87.5 Å². The van der Waals surface area contributed by atoms with E-state index in [9.17, 15) is 14.7 Å². The number of nitrogens with zero attached hydrogens (tertiary/aromatic N) is 4. The minimum Gasteiger partial charge on any atom is -0.497 e. The summed E-state index contributed by atoms with van der Waals surface area (Å²) in [6.07, 6.45) is 1.56. The van der Waals surface area contributed by atoms with Crippen molar-refractivity contribution in [1.82, 2.24) is 19.3 Å². The van der Waals surface area contributed by atoms with Crippen LogP contribution in [0.5, 0.6) is 5.75 Å². The van der Waals surface area contributed by atoms with Gasteiger partial charge in [-0.2, -0.15) is 0 Å². The Labute approximate surface area is 206 Å². The van der Waals surface area contributed by atoms with Gasteiger partial charge in [0, 0.05) is 69.3 Å². The molecule has 1 N–H and O–H groups in total. The Morgan fingerprint density at radius 3 is 2.51 bits per heavy atom. The number of aromatic nitrogens is 1. The SMILES string of the molecule is COc1ccc2c3c(n(C)c2c1)[C@H](CO)N(C(=O)CN1CCOCC1)CC31CCN(C(C)=O)CC1. The molecule has 3 aliphatic heterocycles. The Bertz CT molecular complexity index is 1110. The van der Waals surface area contributed by atoms with Crippen LogP contribution in [0.4, 0.5) is 0 Å². The van der Waals surface area contributed by atoms with E-state index in [1.165, 1.54) is 5.56 Å². The van der Waals surface area contributed by atoms with Gasteiger partial charge in [0.25, 0.3) is 0 Å². The third-order valence-electron chi connectivity index (χ3n) is 8.27. The highest BCUT2D eigenvalue weighted by molar-refractivity contribution is 5.90. The van der Waals surface area contributed by atoms with Gasteiger partial charge in [0.2, 0.25) is 11.8 Å². The number of carbonyl (C=O) groups is 2. The summed E-state index contributed by atoms with van der Waals surface area (Å²) in [5.74, 6) is 0.900. The van der Waals surface area contributed by atoms with Crippen molar-refractivity contribution in [3.05, 3.63) is 29.5 Å². The number of piperidine rings is 1. The Kier molecular flexibility index (Phi) is 6.50. The average Bonchev–Trinajstić information content (AvgIpc) is 3.17. The molecule has 190 valence electrons. The molecule has 0 bridgehead atoms. The molecule has 2 aromatic rings. The number of morpholine rings is 1. The fraction of sp³-hybridized carbons (Fsp3) is 0.615. The van der Waals surface area contributed by atoms with Crippen LogP contribution in [-0.2, 0) is 26.8 Å². The number of aryl methyl sites for hydroxylation is 1. The third kappa shape index (κ3) is 4.09. The fourth-order valence-electron chi connectivity index (χ4n) is 6.32. The van der Waals surface area contributed by atoms with Gasteiger partial charge in [0.1, 0.15) is 5.75 Å². The minimum absolute atomic E-state index is 0.0350. The molecule has 0 saturated carbocycles. The number of likely N-dealkylation sites (tertiary alicyclic amines) is 1. The largest absolute Gasteiger partial charge is 0.497 e. The molecule has 2 amide bonds. The van der Waals surface area contributed by atoms with E-state index < -0.39 is 6.04 Å². The zero-order chi connectivity index (χ0) is 24.7. The Hall–Kier alpha value is -2.62. The molecule has 0 unspecified atom stereocenters. The monoisotopic (exact) mass is 484 g/mol. The molecule has 1 spiro atoms. The first-order valence-electron chi connectivity index (χ1n) is 12.5. The lowest BCUT2D eigenvalue weighted by Gasteiger charge is -2.50. The smallest absolute Gasteiger partial charge is 0.237 e. The minimum atomic E-state index is -0.418. The van der Waals surface area contributed by atoms with Gasteiger partial charge < -0.3 is 28.9 Å². The normalized spacial score (nSPS) is 22.5. The van der Waals surface area contributed by atoms with Crippen LogP contribution >= 0.6 is 0 Å². The van der Waals surface area contributed by atoms with Gasteiger partial charge in [-0.05, 0) is 30.5 Å². The van der Waals surface area contributed by atoms with Crippen molar-refractivity contribution >= 4 is 22.7 Å². The highest BCUT2D eigenvalue weighted by Gasteiger charge is 2.49. The van der Waals surface area contributed by atoms with E-state index in [1.807, 2.05) is 29.0 Å². The Morgan fingerprint density at radius 1 is 1.17 bits per heavy atom. The van der Waals surface area contributed by atoms with Crippen molar-refractivity contribution in [1.29, 1.82) is 0 Å². The van der Waals surface area contributed by atoms with Crippen molar-refractivity contribution in [2.24, 2.45) is 7.05 Å². The van der Waals surface area contributed by atoms with E-state index in [0.717, 1.165) is 48.3 Å². The predicted molar refractivity (Wildman–Crippen MR) is 131 cm³/mol. The Balaban J connectivity index is 1.60. The molecule has 9 heteroatoms. The summed E-state index contributed by atoms with van der Waals surface area (Å²) in [5, 5.41) is 11.7. The zero-order valence-corrected chi connectivity index (χ0v) is 21.0. The molecule has 2 fully saturated rings. The van der Waals surface area contributed by atoms with E-state index in [0.29, 0.717) is 39.4 Å². The van der Waals surface area contributed by atoms with Crippen LogP contribution in [0, 0.1) is 0 Å². The van der Waals surface area contributed by atoms with Crippen LogP contribution < -0.4 is 4.74 Å². The van der Waals surface area contributed by atoms with E-state index in [-0.39, 0.29) is 23.8 Å². The number of hydrogen-bond acceptors (Lipinski definition) is 6. The number of ether oxygens (including phenoxy) is 2. The molecule has 9 nitrogen and oxygen atoms in total. The molecule has 35 heavy (non-hydrogen) atoms. The van der Waals surface area contributed by atoms with Crippen LogP contribution in [0.15, 0.2) is 18.2 Å². The second-order valence-electron chi connectivity index (χ2n) is 10.1. The van der Waals surface area contributed by atoms with Crippen LogP contribution in [0.1, 0.15) is 37.1 Å². The van der Waals surface area contributed by atoms with Gasteiger partial charge in [-0.15, -0.1) is 0 Å². The average molecular weight is 485 g/mol. The van der Waals surface area contributed by atoms with E-state index >= 15 is 0 Å². The molecule has 1 aromatic carbocycles. The lowest BCUT2D eigenvalue weighted by atomic mass is 9.68. The van der Waals surface area contributed by atoms with Crippen molar-refractivity contribution in [2.75, 3.05) is 66.2 Å². The first-order valence-corrected chi connectivity index (χ1v) is 12.5. The van der Waals surface area contributed by atoms with Crippen LogP contribution in [0.25, 0.3) is 10.9 Å². The van der Waals surface area contributed by atoms with E-state index in [2.05, 4.69) is 15.5 Å². The molecular formula is C26H36N4O5. The standard InChI is InChI=1S/C26H36N4O5/c1-18(32)29-8-6-26(7-9-29)17-30(23(33)15-28-10-12-35-13-11-28)22(16-31)25-24(26)20-5-4-19(34-3)14-21(20)27(25)2/h4-5,14,22,31H,6-13,15-17H2,1-3H3/t22-/m0/s1. The van der Waals surface area contributed by atoms with Gasteiger partial charge in [-0.25, -0.2) is 0 Å². The van der Waals surface area contributed by atoms with Crippen molar-refractivity contribution in [3.63, 3.8) is 0 Å². The maximum absolute atomic E-state index is 13.7. The molecular weight excluding hydrogens is 448 g/mol. The number of rotatable bonds is 4. The summed E-state index contributed by atoms with van der Waals surface area (Å²) >= 11 is 0. The summed E-state index contributed by atoms with van der Waals surface area (Å²) in [4.78, 5) is 31.7. The van der Waals surface area contributed by atoms with Gasteiger partial charge in [0.15, 0.2) is 0 Å². The molecule has 3 aliphatic rings. The summed E-state index contributed by atoms with van der Waals surface area (Å²) in [6, 6.07) is 5.69. The van der Waals surface area contributed by atoms with E-state index in [4.69, 9.17) is 9.47 Å². The predicted octanol–water partition coefficient (Wildman–Crippen LogP) is 1.27. The first-order chi connectivity index (χ1) is 16.9. The van der Waals surface area contributed by atoms with Crippen LogP contribution in [-0.4, -0.2) is 102 Å². The number of carbonyl (C=O) groups excluding carboxylic acids is 2. The molecule has 4 heterocycles. The maximum Gasteiger partial charge on any atom is 0.237 e. The molecule has 5 rings (SSSR count). The summed E-state index contributed by atoms with van der Waals surface area (Å²) in [6.45, 7) is 6.42. The lowest BCUT2D eigenvalue weighted by molar-refractivity contribution is -0.141. The zero-order valence-electron chi connectivity index (χ0n) is 21.0. The molecule has 1 aromatic heterocycles. The summed E-state index contributed by atoms with van der Waals surface area (Å²) in [5.41, 5.74) is 2.97. The number of hydrogen-bond donors (Lipinski definition) is 1. The number of methoxy groups -OCH3 is 1. The lowest BCUT2D eigenvalue weighted by Crippen LogP contribution is -2.57. The van der Waals surface area contributed by atoms with Crippen molar-refractivity contribution < 1.29 is 24.2 Å². The fourth-order valence-corrected chi connectivity index (χ4v) is 6.32. The van der Waals surface area contributed by atoms with Crippen molar-refractivity contribution in [3.8, 4) is 5.75 Å². The first kappa shape index (κ1) is 24.1. The highest BCUT2D eigenvalue weighted by Crippen LogP contribution is 2.50. The number of fused-ring (bicyclic) bond motifs is 4. The molecule has 1 atom stereocenters. The molecule has 2 saturated heterocycles. The number of amides is 2. The highest BCUT2D eigenvalue weighted by atomic mass is 16.5. The molecule has 0 radical (unpaired) electrons. The van der Waals surface area contributed by atoms with Crippen molar-refractivity contribution in [2.45, 2.75) is 31.2 Å². The van der Waals surface area contributed by atoms with Crippen LogP contribution in [0.2, 0.25) is 0 Å². The van der Waals surface area contributed by atoms with Crippen LogP contribution in [0.3, 0.4) is 0 Å². The Morgan fingerprint density at radius 2 is 1.89 bits per heavy atom. The summed E-state index contributed by atoms with van der Waals surface area (Å²) < 4.78 is 13.1. The number of benzene rings is 1.